The number of halogens is 1. The molecule has 2 aromatic carbocycles. The summed E-state index contributed by atoms with van der Waals surface area (Å²) in [5, 5.41) is 26.2. The Bertz CT molecular complexity index is 1150. The van der Waals surface area contributed by atoms with E-state index in [0.717, 1.165) is 27.9 Å². The number of nitrogens with one attached hydrogen (secondary N) is 1. The van der Waals surface area contributed by atoms with Crippen LogP contribution in [0.3, 0.4) is 0 Å². The second-order valence-electron chi connectivity index (χ2n) is 5.96. The summed E-state index contributed by atoms with van der Waals surface area (Å²) >= 11 is 5.92. The van der Waals surface area contributed by atoms with E-state index in [4.69, 9.17) is 11.6 Å². The van der Waals surface area contributed by atoms with E-state index in [-0.39, 0.29) is 0 Å². The number of benzene rings is 2. The smallest absolute Gasteiger partial charge is 0.251 e. The van der Waals surface area contributed by atoms with Gasteiger partial charge in [0.15, 0.2) is 12.1 Å². The quantitative estimate of drug-likeness (QED) is 0.568. The standard InChI is InChI=1S/C17H12ClN7O/c18-11-4-1-9(2-5-11)16-20-17-19-13(8-15(26)25(17)23-16)10-3-6-12-14(7-10)22-24-21-12/h1-7,15,26H,8H2,(H,21,22,24). The zero-order valence-electron chi connectivity index (χ0n) is 13.3. The molecule has 1 atom stereocenters. The number of nitrogens with zero attached hydrogens (tertiary/aromatic N) is 6. The van der Waals surface area contributed by atoms with E-state index in [0.29, 0.717) is 23.2 Å². The molecule has 1 unspecified atom stereocenters. The zero-order valence-corrected chi connectivity index (χ0v) is 14.1. The van der Waals surface area contributed by atoms with Crippen LogP contribution in [0.25, 0.3) is 22.4 Å². The van der Waals surface area contributed by atoms with Crippen molar-refractivity contribution in [3.8, 4) is 11.4 Å². The van der Waals surface area contributed by atoms with E-state index in [1.165, 1.54) is 4.68 Å². The molecule has 2 N–H and O–H groups in total. The minimum Gasteiger partial charge on any atom is -0.371 e. The van der Waals surface area contributed by atoms with Crippen LogP contribution in [-0.4, -0.2) is 41.0 Å². The molecule has 0 bridgehead atoms. The van der Waals surface area contributed by atoms with Gasteiger partial charge in [0, 0.05) is 17.0 Å². The van der Waals surface area contributed by atoms with Crippen LogP contribution in [0.5, 0.6) is 0 Å². The highest BCUT2D eigenvalue weighted by Crippen LogP contribution is 2.29. The number of hydrogen-bond acceptors (Lipinski definition) is 6. The molecule has 0 saturated heterocycles. The molecular weight excluding hydrogens is 354 g/mol. The van der Waals surface area contributed by atoms with Crippen LogP contribution >= 0.6 is 11.6 Å². The van der Waals surface area contributed by atoms with Gasteiger partial charge in [-0.25, -0.2) is 9.67 Å². The van der Waals surface area contributed by atoms with Gasteiger partial charge in [-0.1, -0.05) is 17.7 Å². The van der Waals surface area contributed by atoms with Gasteiger partial charge < -0.3 is 5.11 Å². The molecule has 0 radical (unpaired) electrons. The summed E-state index contributed by atoms with van der Waals surface area (Å²) in [7, 11) is 0. The molecule has 9 heteroatoms. The summed E-state index contributed by atoms with van der Waals surface area (Å²) in [5.74, 6) is 0.858. The Hall–Kier alpha value is -3.10. The fraction of sp³-hybridized carbons (Fsp3) is 0.118. The van der Waals surface area contributed by atoms with Crippen LogP contribution in [0.15, 0.2) is 47.5 Å². The molecule has 0 spiro atoms. The molecule has 0 aliphatic carbocycles. The SMILES string of the molecule is OC1CC(c2ccc3n[nH]nc3c2)=Nc2nc(-c3ccc(Cl)cc3)nn21. The van der Waals surface area contributed by atoms with Crippen LogP contribution in [-0.2, 0) is 0 Å². The Morgan fingerprint density at radius 3 is 2.65 bits per heavy atom. The first-order valence-corrected chi connectivity index (χ1v) is 8.34. The molecule has 0 saturated carbocycles. The maximum Gasteiger partial charge on any atom is 0.251 e. The molecule has 1 aliphatic rings. The van der Waals surface area contributed by atoms with Gasteiger partial charge in [0.05, 0.1) is 5.71 Å². The van der Waals surface area contributed by atoms with E-state index < -0.39 is 6.23 Å². The third-order valence-corrected chi connectivity index (χ3v) is 4.51. The summed E-state index contributed by atoms with van der Waals surface area (Å²) in [6.07, 6.45) is -0.501. The predicted molar refractivity (Wildman–Crippen MR) is 96.4 cm³/mol. The van der Waals surface area contributed by atoms with Crippen molar-refractivity contribution in [2.24, 2.45) is 4.99 Å². The van der Waals surface area contributed by atoms with Gasteiger partial charge in [-0.15, -0.1) is 5.10 Å². The lowest BCUT2D eigenvalue weighted by Crippen LogP contribution is -2.19. The Labute approximate surface area is 152 Å². The summed E-state index contributed by atoms with van der Waals surface area (Å²) in [5.41, 5.74) is 3.93. The Morgan fingerprint density at radius 1 is 1.04 bits per heavy atom. The molecule has 1 aliphatic heterocycles. The first-order chi connectivity index (χ1) is 12.7. The summed E-state index contributed by atoms with van der Waals surface area (Å²) in [6.45, 7) is 0. The zero-order chi connectivity index (χ0) is 17.7. The van der Waals surface area contributed by atoms with Crippen molar-refractivity contribution < 1.29 is 5.11 Å². The minimum atomic E-state index is -0.834. The minimum absolute atomic E-state index is 0.333. The number of aromatic amines is 1. The fourth-order valence-corrected chi connectivity index (χ4v) is 3.07. The lowest BCUT2D eigenvalue weighted by atomic mass is 10.1. The molecule has 26 heavy (non-hydrogen) atoms. The van der Waals surface area contributed by atoms with Gasteiger partial charge in [0.1, 0.15) is 11.0 Å². The number of H-pyrrole nitrogens is 1. The topological polar surface area (TPSA) is 105 Å². The van der Waals surface area contributed by atoms with Crippen molar-refractivity contribution in [3.63, 3.8) is 0 Å². The second kappa shape index (κ2) is 5.72. The predicted octanol–water partition coefficient (Wildman–Crippen LogP) is 2.89. The van der Waals surface area contributed by atoms with E-state index in [1.807, 2.05) is 30.3 Å². The second-order valence-corrected chi connectivity index (χ2v) is 6.39. The normalized spacial score (nSPS) is 16.5. The van der Waals surface area contributed by atoms with Gasteiger partial charge in [0.25, 0.3) is 5.95 Å². The van der Waals surface area contributed by atoms with Gasteiger partial charge in [-0.3, -0.25) is 0 Å². The maximum atomic E-state index is 10.5. The molecule has 8 nitrogen and oxygen atoms in total. The van der Waals surface area contributed by atoms with Gasteiger partial charge in [-0.05, 0) is 42.0 Å². The number of rotatable bonds is 2. The molecule has 5 rings (SSSR count). The average molecular weight is 366 g/mol. The summed E-state index contributed by atoms with van der Waals surface area (Å²) in [6, 6.07) is 12.9. The van der Waals surface area contributed by atoms with Gasteiger partial charge in [0.2, 0.25) is 0 Å². The summed E-state index contributed by atoms with van der Waals surface area (Å²) in [4.78, 5) is 9.04. The first kappa shape index (κ1) is 15.2. The van der Waals surface area contributed by atoms with Gasteiger partial charge in [-0.2, -0.15) is 20.4 Å². The molecule has 3 heterocycles. The molecule has 2 aromatic heterocycles. The maximum absolute atomic E-state index is 10.5. The monoisotopic (exact) mass is 365 g/mol. The Kier molecular flexibility index (Phi) is 3.34. The van der Waals surface area contributed by atoms with Crippen LogP contribution in [0.1, 0.15) is 18.2 Å². The van der Waals surface area contributed by atoms with E-state index in [2.05, 4.69) is 30.5 Å². The largest absolute Gasteiger partial charge is 0.371 e. The number of aliphatic hydroxyl groups excluding tert-OH is 1. The van der Waals surface area contributed by atoms with Crippen molar-refractivity contribution in [1.82, 2.24) is 30.2 Å². The van der Waals surface area contributed by atoms with E-state index >= 15 is 0 Å². The number of aromatic nitrogens is 6. The van der Waals surface area contributed by atoms with Crippen LogP contribution < -0.4 is 0 Å². The Morgan fingerprint density at radius 2 is 1.81 bits per heavy atom. The number of aliphatic imine (C=N–C) groups is 1. The highest BCUT2D eigenvalue weighted by molar-refractivity contribution is 6.30. The number of fused-ring (bicyclic) bond motifs is 2. The highest BCUT2D eigenvalue weighted by atomic mass is 35.5. The molecular formula is C17H12ClN7O. The van der Waals surface area contributed by atoms with Crippen molar-refractivity contribution in [1.29, 1.82) is 0 Å². The van der Waals surface area contributed by atoms with Crippen molar-refractivity contribution in [3.05, 3.63) is 53.1 Å². The van der Waals surface area contributed by atoms with E-state index in [9.17, 15) is 5.11 Å². The van der Waals surface area contributed by atoms with Gasteiger partial charge >= 0.3 is 0 Å². The number of hydrogen-bond donors (Lipinski definition) is 2. The van der Waals surface area contributed by atoms with Crippen molar-refractivity contribution in [2.75, 3.05) is 0 Å². The molecule has 4 aromatic rings. The molecule has 0 fully saturated rings. The lowest BCUT2D eigenvalue weighted by molar-refractivity contribution is 0.0975. The first-order valence-electron chi connectivity index (χ1n) is 7.96. The highest BCUT2D eigenvalue weighted by Gasteiger charge is 2.25. The third kappa shape index (κ3) is 2.47. The summed E-state index contributed by atoms with van der Waals surface area (Å²) < 4.78 is 1.43. The van der Waals surface area contributed by atoms with Crippen LogP contribution in [0, 0.1) is 0 Å². The fourth-order valence-electron chi connectivity index (χ4n) is 2.94. The van der Waals surface area contributed by atoms with Crippen molar-refractivity contribution >= 4 is 34.3 Å². The average Bonchev–Trinajstić information content (AvgIpc) is 3.28. The molecule has 128 valence electrons. The van der Waals surface area contributed by atoms with Crippen molar-refractivity contribution in [2.45, 2.75) is 12.6 Å². The lowest BCUT2D eigenvalue weighted by Gasteiger charge is -2.18. The molecule has 0 amide bonds. The third-order valence-electron chi connectivity index (χ3n) is 4.26. The number of aliphatic hydroxyl groups is 1. The van der Waals surface area contributed by atoms with Crippen LogP contribution in [0.2, 0.25) is 5.02 Å². The van der Waals surface area contributed by atoms with E-state index in [1.54, 1.807) is 12.1 Å². The Balaban J connectivity index is 1.57. The van der Waals surface area contributed by atoms with Crippen LogP contribution in [0.4, 0.5) is 5.95 Å².